The maximum atomic E-state index is 14.3. The molecule has 0 aromatic heterocycles. The highest BCUT2D eigenvalue weighted by Crippen LogP contribution is 2.37. The minimum absolute atomic E-state index is 0.0135. The molecule has 3 rings (SSSR count). The molecule has 0 saturated carbocycles. The number of rotatable bonds is 3. The van der Waals surface area contributed by atoms with Gasteiger partial charge in [-0.05, 0) is 37.0 Å². The SMILES string of the molecule is Cc1cccc(F)c1C(=O)N1CCCC(CO)[C@@H]1c1ccccc1. The summed E-state index contributed by atoms with van der Waals surface area (Å²) in [6.07, 6.45) is 1.67. The number of likely N-dealkylation sites (tertiary alicyclic amines) is 1. The molecule has 1 N–H and O–H groups in total. The van der Waals surface area contributed by atoms with E-state index in [1.165, 1.54) is 6.07 Å². The van der Waals surface area contributed by atoms with Gasteiger partial charge in [0.1, 0.15) is 5.82 Å². The number of aryl methyl sites for hydroxylation is 1. The van der Waals surface area contributed by atoms with E-state index >= 15 is 0 Å². The number of benzene rings is 2. The summed E-state index contributed by atoms with van der Waals surface area (Å²) >= 11 is 0. The quantitative estimate of drug-likeness (QED) is 0.933. The van der Waals surface area contributed by atoms with Gasteiger partial charge in [-0.15, -0.1) is 0 Å². The van der Waals surface area contributed by atoms with Crippen molar-refractivity contribution in [1.29, 1.82) is 0 Å². The molecule has 3 nitrogen and oxygen atoms in total. The first-order valence-electron chi connectivity index (χ1n) is 8.35. The van der Waals surface area contributed by atoms with E-state index in [0.29, 0.717) is 12.1 Å². The van der Waals surface area contributed by atoms with Crippen LogP contribution in [0.1, 0.15) is 40.4 Å². The number of hydrogen-bond donors (Lipinski definition) is 1. The Hall–Kier alpha value is -2.20. The van der Waals surface area contributed by atoms with E-state index in [-0.39, 0.29) is 30.0 Å². The van der Waals surface area contributed by atoms with Crippen LogP contribution < -0.4 is 0 Å². The Morgan fingerprint density at radius 2 is 1.96 bits per heavy atom. The molecular weight excluding hydrogens is 305 g/mol. The minimum atomic E-state index is -0.488. The van der Waals surface area contributed by atoms with Gasteiger partial charge < -0.3 is 10.0 Å². The summed E-state index contributed by atoms with van der Waals surface area (Å²) in [6, 6.07) is 14.2. The topological polar surface area (TPSA) is 40.5 Å². The van der Waals surface area contributed by atoms with E-state index in [2.05, 4.69) is 0 Å². The number of hydrogen-bond acceptors (Lipinski definition) is 2. The monoisotopic (exact) mass is 327 g/mol. The van der Waals surface area contributed by atoms with Crippen molar-refractivity contribution < 1.29 is 14.3 Å². The summed E-state index contributed by atoms with van der Waals surface area (Å²) in [6.45, 7) is 2.34. The second kappa shape index (κ2) is 7.14. The van der Waals surface area contributed by atoms with Crippen molar-refractivity contribution in [3.8, 4) is 0 Å². The van der Waals surface area contributed by atoms with E-state index in [4.69, 9.17) is 0 Å². The molecule has 0 radical (unpaired) electrons. The van der Waals surface area contributed by atoms with E-state index < -0.39 is 5.82 Å². The zero-order chi connectivity index (χ0) is 17.1. The van der Waals surface area contributed by atoms with Gasteiger partial charge in [0.2, 0.25) is 0 Å². The van der Waals surface area contributed by atoms with Crippen LogP contribution in [0.25, 0.3) is 0 Å². The van der Waals surface area contributed by atoms with Crippen molar-refractivity contribution in [3.05, 3.63) is 71.0 Å². The molecule has 1 unspecified atom stereocenters. The molecule has 2 atom stereocenters. The Morgan fingerprint density at radius 3 is 2.62 bits per heavy atom. The third-order valence-electron chi connectivity index (χ3n) is 4.83. The Morgan fingerprint density at radius 1 is 1.21 bits per heavy atom. The number of aliphatic hydroxyl groups is 1. The van der Waals surface area contributed by atoms with Crippen LogP contribution >= 0.6 is 0 Å². The average molecular weight is 327 g/mol. The number of carbonyl (C=O) groups excluding carboxylic acids is 1. The van der Waals surface area contributed by atoms with Gasteiger partial charge in [-0.1, -0.05) is 42.5 Å². The van der Waals surface area contributed by atoms with Crippen LogP contribution in [0.2, 0.25) is 0 Å². The molecule has 4 heteroatoms. The Balaban J connectivity index is 2.02. The van der Waals surface area contributed by atoms with Crippen LogP contribution in [0.4, 0.5) is 4.39 Å². The lowest BCUT2D eigenvalue weighted by Crippen LogP contribution is -2.44. The maximum Gasteiger partial charge on any atom is 0.257 e. The average Bonchev–Trinajstić information content (AvgIpc) is 2.61. The van der Waals surface area contributed by atoms with E-state index in [1.807, 2.05) is 30.3 Å². The molecule has 0 aliphatic carbocycles. The second-order valence-electron chi connectivity index (χ2n) is 6.37. The molecule has 24 heavy (non-hydrogen) atoms. The maximum absolute atomic E-state index is 14.3. The number of aliphatic hydroxyl groups excluding tert-OH is 1. The first kappa shape index (κ1) is 16.7. The Kier molecular flexibility index (Phi) is 4.95. The highest BCUT2D eigenvalue weighted by molar-refractivity contribution is 5.96. The van der Waals surface area contributed by atoms with Gasteiger partial charge in [-0.25, -0.2) is 4.39 Å². The van der Waals surface area contributed by atoms with Gasteiger partial charge in [0, 0.05) is 19.1 Å². The number of halogens is 1. The molecule has 2 aromatic carbocycles. The third kappa shape index (κ3) is 3.06. The second-order valence-corrected chi connectivity index (χ2v) is 6.37. The van der Waals surface area contributed by atoms with Gasteiger partial charge in [0.15, 0.2) is 0 Å². The lowest BCUT2D eigenvalue weighted by atomic mass is 9.84. The molecule has 1 aliphatic heterocycles. The lowest BCUT2D eigenvalue weighted by Gasteiger charge is -2.41. The molecule has 1 saturated heterocycles. The highest BCUT2D eigenvalue weighted by Gasteiger charge is 2.36. The van der Waals surface area contributed by atoms with E-state index in [1.54, 1.807) is 24.0 Å². The number of amides is 1. The fourth-order valence-corrected chi connectivity index (χ4v) is 3.64. The van der Waals surface area contributed by atoms with Crippen molar-refractivity contribution in [2.75, 3.05) is 13.2 Å². The number of nitrogens with zero attached hydrogens (tertiary/aromatic N) is 1. The van der Waals surface area contributed by atoms with Crippen molar-refractivity contribution in [1.82, 2.24) is 4.90 Å². The molecule has 0 spiro atoms. The van der Waals surface area contributed by atoms with E-state index in [0.717, 1.165) is 18.4 Å². The van der Waals surface area contributed by atoms with Crippen molar-refractivity contribution in [2.45, 2.75) is 25.8 Å². The minimum Gasteiger partial charge on any atom is -0.396 e. The number of piperidine rings is 1. The van der Waals surface area contributed by atoms with Gasteiger partial charge in [0.25, 0.3) is 5.91 Å². The Labute approximate surface area is 141 Å². The molecule has 1 aliphatic rings. The predicted octanol–water partition coefficient (Wildman–Crippen LogP) is 3.72. The van der Waals surface area contributed by atoms with Crippen molar-refractivity contribution >= 4 is 5.91 Å². The summed E-state index contributed by atoms with van der Waals surface area (Å²) in [7, 11) is 0. The molecule has 126 valence electrons. The zero-order valence-electron chi connectivity index (χ0n) is 13.8. The first-order valence-corrected chi connectivity index (χ1v) is 8.35. The first-order chi connectivity index (χ1) is 11.6. The molecule has 1 fully saturated rings. The molecule has 2 aromatic rings. The summed E-state index contributed by atoms with van der Waals surface area (Å²) in [4.78, 5) is 14.8. The summed E-state index contributed by atoms with van der Waals surface area (Å²) in [5, 5.41) is 9.79. The van der Waals surface area contributed by atoms with Gasteiger partial charge in [-0.2, -0.15) is 0 Å². The molecular formula is C20H22FNO2. The van der Waals surface area contributed by atoms with Crippen LogP contribution in [0.15, 0.2) is 48.5 Å². The lowest BCUT2D eigenvalue weighted by molar-refractivity contribution is 0.0371. The highest BCUT2D eigenvalue weighted by atomic mass is 19.1. The fraction of sp³-hybridized carbons (Fsp3) is 0.350. The molecule has 1 heterocycles. The summed E-state index contributed by atoms with van der Waals surface area (Å²) < 4.78 is 14.3. The largest absolute Gasteiger partial charge is 0.396 e. The zero-order valence-corrected chi connectivity index (χ0v) is 13.8. The Bertz CT molecular complexity index is 697. The van der Waals surface area contributed by atoms with Crippen LogP contribution in [0.5, 0.6) is 0 Å². The third-order valence-corrected chi connectivity index (χ3v) is 4.83. The van der Waals surface area contributed by atoms with Crippen molar-refractivity contribution in [3.63, 3.8) is 0 Å². The van der Waals surface area contributed by atoms with Gasteiger partial charge >= 0.3 is 0 Å². The van der Waals surface area contributed by atoms with Gasteiger partial charge in [0.05, 0.1) is 11.6 Å². The standard InChI is InChI=1S/C20H22FNO2/c1-14-7-5-11-17(21)18(14)20(24)22-12-6-10-16(13-23)19(22)15-8-3-2-4-9-15/h2-5,7-9,11,16,19,23H,6,10,12-13H2,1H3/t16?,19-/m0/s1. The van der Waals surface area contributed by atoms with Crippen LogP contribution in [0, 0.1) is 18.7 Å². The number of carbonyl (C=O) groups is 1. The van der Waals surface area contributed by atoms with Crippen LogP contribution in [-0.4, -0.2) is 29.1 Å². The van der Waals surface area contributed by atoms with Crippen molar-refractivity contribution in [2.24, 2.45) is 5.92 Å². The normalized spacial score (nSPS) is 20.9. The van der Waals surface area contributed by atoms with Crippen LogP contribution in [0.3, 0.4) is 0 Å². The molecule has 0 bridgehead atoms. The smallest absolute Gasteiger partial charge is 0.257 e. The summed E-state index contributed by atoms with van der Waals surface area (Å²) in [5.74, 6) is -0.812. The summed E-state index contributed by atoms with van der Waals surface area (Å²) in [5.41, 5.74) is 1.76. The molecule has 1 amide bonds. The van der Waals surface area contributed by atoms with E-state index in [9.17, 15) is 14.3 Å². The van der Waals surface area contributed by atoms with Gasteiger partial charge in [-0.3, -0.25) is 4.79 Å². The van der Waals surface area contributed by atoms with Crippen LogP contribution in [-0.2, 0) is 0 Å². The fourth-order valence-electron chi connectivity index (χ4n) is 3.64. The predicted molar refractivity (Wildman–Crippen MR) is 91.2 cm³/mol.